The second-order valence-corrected chi connectivity index (χ2v) is 5.85. The smallest absolute Gasteiger partial charge is 0.329 e. The third kappa shape index (κ3) is 3.22. The molecule has 0 aromatic rings. The molecule has 0 radical (unpaired) electrons. The van der Waals surface area contributed by atoms with Crippen molar-refractivity contribution in [3.8, 4) is 0 Å². The van der Waals surface area contributed by atoms with Gasteiger partial charge in [-0.2, -0.15) is 0 Å². The lowest BCUT2D eigenvalue weighted by Crippen LogP contribution is -2.59. The van der Waals surface area contributed by atoms with Crippen molar-refractivity contribution >= 4 is 11.9 Å². The van der Waals surface area contributed by atoms with Crippen LogP contribution in [0.2, 0.25) is 0 Å². The molecule has 1 fully saturated rings. The lowest BCUT2D eigenvalue weighted by molar-refractivity contribution is -0.151. The number of rotatable bonds is 4. The van der Waals surface area contributed by atoms with Gasteiger partial charge in [0, 0.05) is 6.42 Å². The minimum Gasteiger partial charge on any atom is -0.480 e. The van der Waals surface area contributed by atoms with Crippen LogP contribution in [0.5, 0.6) is 0 Å². The largest absolute Gasteiger partial charge is 0.480 e. The van der Waals surface area contributed by atoms with Gasteiger partial charge < -0.3 is 10.4 Å². The van der Waals surface area contributed by atoms with E-state index in [9.17, 15) is 9.59 Å². The van der Waals surface area contributed by atoms with Gasteiger partial charge in [0.2, 0.25) is 5.91 Å². The number of carbonyl (C=O) groups excluding carboxylic acids is 1. The maximum atomic E-state index is 11.6. The van der Waals surface area contributed by atoms with Crippen LogP contribution in [0.25, 0.3) is 0 Å². The number of aliphatic carboxylic acids is 1. The number of hydrogen-bond acceptors (Lipinski definition) is 2. The van der Waals surface area contributed by atoms with Crippen LogP contribution in [0.4, 0.5) is 0 Å². The summed E-state index contributed by atoms with van der Waals surface area (Å²) < 4.78 is 0. The summed E-state index contributed by atoms with van der Waals surface area (Å²) >= 11 is 0. The van der Waals surface area contributed by atoms with Crippen molar-refractivity contribution < 1.29 is 14.7 Å². The molecule has 0 spiro atoms. The van der Waals surface area contributed by atoms with Gasteiger partial charge in [-0.25, -0.2) is 4.79 Å². The minimum atomic E-state index is -0.963. The van der Waals surface area contributed by atoms with Crippen LogP contribution >= 0.6 is 0 Å². The first-order valence-electron chi connectivity index (χ1n) is 5.80. The Kier molecular flexibility index (Phi) is 3.61. The van der Waals surface area contributed by atoms with E-state index in [0.717, 1.165) is 12.8 Å². The highest BCUT2D eigenvalue weighted by Crippen LogP contribution is 2.32. The number of carboxylic acid groups (broad SMARTS) is 1. The summed E-state index contributed by atoms with van der Waals surface area (Å²) in [5, 5.41) is 11.7. The molecule has 0 aromatic carbocycles. The Hall–Kier alpha value is -1.06. The standard InChI is InChI=1S/C12H21NO3/c1-11(2,3)8-5-9(14)13-12(10(15)16)6-4-7-12/h4-8H2,1-3H3,(H,13,14)(H,15,16). The van der Waals surface area contributed by atoms with Crippen LogP contribution in [0.15, 0.2) is 0 Å². The zero-order chi connectivity index (χ0) is 12.4. The molecule has 0 saturated heterocycles. The minimum absolute atomic E-state index is 0.105. The van der Waals surface area contributed by atoms with E-state index >= 15 is 0 Å². The van der Waals surface area contributed by atoms with Gasteiger partial charge in [0.1, 0.15) is 5.54 Å². The summed E-state index contributed by atoms with van der Waals surface area (Å²) in [6.07, 6.45) is 3.17. The predicted octanol–water partition coefficient (Wildman–Crippen LogP) is 1.94. The summed E-state index contributed by atoms with van der Waals surface area (Å²) in [6, 6.07) is 0. The Morgan fingerprint density at radius 3 is 2.19 bits per heavy atom. The van der Waals surface area contributed by atoms with E-state index in [2.05, 4.69) is 26.1 Å². The molecule has 0 aromatic heterocycles. The van der Waals surface area contributed by atoms with Crippen LogP contribution < -0.4 is 5.32 Å². The molecule has 0 aliphatic heterocycles. The molecule has 1 aliphatic carbocycles. The first kappa shape index (κ1) is 13.0. The van der Waals surface area contributed by atoms with Crippen molar-refractivity contribution in [2.24, 2.45) is 5.41 Å². The molecule has 2 N–H and O–H groups in total. The lowest BCUT2D eigenvalue weighted by atomic mass is 9.76. The van der Waals surface area contributed by atoms with Crippen molar-refractivity contribution in [1.29, 1.82) is 0 Å². The van der Waals surface area contributed by atoms with Gasteiger partial charge in [-0.15, -0.1) is 0 Å². The Morgan fingerprint density at radius 1 is 1.31 bits per heavy atom. The van der Waals surface area contributed by atoms with Gasteiger partial charge in [0.05, 0.1) is 0 Å². The first-order chi connectivity index (χ1) is 7.25. The average Bonchev–Trinajstić information content (AvgIpc) is 2.06. The monoisotopic (exact) mass is 227 g/mol. The van der Waals surface area contributed by atoms with E-state index in [1.165, 1.54) is 0 Å². The highest BCUT2D eigenvalue weighted by atomic mass is 16.4. The Morgan fingerprint density at radius 2 is 1.88 bits per heavy atom. The number of amides is 1. The second-order valence-electron chi connectivity index (χ2n) is 5.85. The van der Waals surface area contributed by atoms with Crippen molar-refractivity contribution in [2.45, 2.75) is 58.4 Å². The van der Waals surface area contributed by atoms with E-state index in [1.54, 1.807) is 0 Å². The van der Waals surface area contributed by atoms with Crippen LogP contribution in [0, 0.1) is 5.41 Å². The van der Waals surface area contributed by atoms with Gasteiger partial charge in [-0.3, -0.25) is 4.79 Å². The van der Waals surface area contributed by atoms with Crippen LogP contribution in [0.3, 0.4) is 0 Å². The maximum absolute atomic E-state index is 11.6. The molecule has 1 aliphatic rings. The van der Waals surface area contributed by atoms with Crippen LogP contribution in [-0.4, -0.2) is 22.5 Å². The van der Waals surface area contributed by atoms with E-state index in [0.29, 0.717) is 19.3 Å². The molecule has 4 heteroatoms. The normalized spacial score (nSPS) is 18.7. The fourth-order valence-electron chi connectivity index (χ4n) is 1.74. The Balaban J connectivity index is 2.42. The highest BCUT2D eigenvalue weighted by molar-refractivity contribution is 5.87. The lowest BCUT2D eigenvalue weighted by Gasteiger charge is -2.38. The van der Waals surface area contributed by atoms with Crippen molar-refractivity contribution in [1.82, 2.24) is 5.32 Å². The van der Waals surface area contributed by atoms with Gasteiger partial charge >= 0.3 is 5.97 Å². The first-order valence-corrected chi connectivity index (χ1v) is 5.80. The molecule has 0 atom stereocenters. The van der Waals surface area contributed by atoms with Crippen molar-refractivity contribution in [3.05, 3.63) is 0 Å². The van der Waals surface area contributed by atoms with Crippen LogP contribution in [-0.2, 0) is 9.59 Å². The van der Waals surface area contributed by atoms with Gasteiger partial charge in [0.15, 0.2) is 0 Å². The van der Waals surface area contributed by atoms with E-state index in [4.69, 9.17) is 5.11 Å². The molecule has 0 unspecified atom stereocenters. The van der Waals surface area contributed by atoms with Crippen LogP contribution in [0.1, 0.15) is 52.9 Å². The second kappa shape index (κ2) is 4.44. The summed E-state index contributed by atoms with van der Waals surface area (Å²) in [6.45, 7) is 6.20. The number of carboxylic acids is 1. The van der Waals surface area contributed by atoms with E-state index in [1.807, 2.05) is 0 Å². The van der Waals surface area contributed by atoms with E-state index < -0.39 is 11.5 Å². The molecule has 0 bridgehead atoms. The fraction of sp³-hybridized carbons (Fsp3) is 0.833. The summed E-state index contributed by atoms with van der Waals surface area (Å²) in [4.78, 5) is 22.7. The predicted molar refractivity (Wildman–Crippen MR) is 61.0 cm³/mol. The van der Waals surface area contributed by atoms with E-state index in [-0.39, 0.29) is 11.3 Å². The molecule has 4 nitrogen and oxygen atoms in total. The number of nitrogens with one attached hydrogen (secondary N) is 1. The Labute approximate surface area is 96.4 Å². The topological polar surface area (TPSA) is 66.4 Å². The SMILES string of the molecule is CC(C)(C)CCC(=O)NC1(C(=O)O)CCC1. The molecule has 16 heavy (non-hydrogen) atoms. The molecule has 1 amide bonds. The molecule has 1 rings (SSSR count). The average molecular weight is 227 g/mol. The van der Waals surface area contributed by atoms with Gasteiger partial charge in [-0.05, 0) is 31.1 Å². The molecule has 0 heterocycles. The molecule has 92 valence electrons. The van der Waals surface area contributed by atoms with Crippen molar-refractivity contribution in [2.75, 3.05) is 0 Å². The molecular weight excluding hydrogens is 206 g/mol. The fourth-order valence-corrected chi connectivity index (χ4v) is 1.74. The quantitative estimate of drug-likeness (QED) is 0.771. The van der Waals surface area contributed by atoms with Gasteiger partial charge in [0.25, 0.3) is 0 Å². The number of hydrogen-bond donors (Lipinski definition) is 2. The zero-order valence-corrected chi connectivity index (χ0v) is 10.3. The highest BCUT2D eigenvalue weighted by Gasteiger charge is 2.45. The van der Waals surface area contributed by atoms with Gasteiger partial charge in [-0.1, -0.05) is 20.8 Å². The zero-order valence-electron chi connectivity index (χ0n) is 10.3. The third-order valence-electron chi connectivity index (χ3n) is 3.10. The maximum Gasteiger partial charge on any atom is 0.329 e. The Bertz CT molecular complexity index is 287. The summed E-state index contributed by atoms with van der Waals surface area (Å²) in [5.74, 6) is -1.04. The summed E-state index contributed by atoms with van der Waals surface area (Å²) in [5.41, 5.74) is -0.859. The third-order valence-corrected chi connectivity index (χ3v) is 3.10. The molecule has 1 saturated carbocycles. The molecular formula is C12H21NO3. The number of carbonyl (C=O) groups is 2. The summed E-state index contributed by atoms with van der Waals surface area (Å²) in [7, 11) is 0. The van der Waals surface area contributed by atoms with Crippen molar-refractivity contribution in [3.63, 3.8) is 0 Å².